The molecule has 1 nitrogen and oxygen atoms in total. The molecule has 0 aliphatic heterocycles. The number of allylic oxidation sites excluding steroid dienone is 1. The zero-order valence-electron chi connectivity index (χ0n) is 11.5. The quantitative estimate of drug-likeness (QED) is 0.462. The van der Waals surface area contributed by atoms with Crippen molar-refractivity contribution in [2.75, 3.05) is 0 Å². The minimum Gasteiger partial charge on any atom is -0.288 e. The van der Waals surface area contributed by atoms with E-state index in [0.717, 1.165) is 12.8 Å². The van der Waals surface area contributed by atoms with E-state index in [-0.39, 0.29) is 5.54 Å². The lowest BCUT2D eigenvalue weighted by atomic mass is 9.83. The van der Waals surface area contributed by atoms with Gasteiger partial charge in [0.25, 0.3) is 0 Å². The predicted octanol–water partition coefficient (Wildman–Crippen LogP) is 4.63. The second-order valence-corrected chi connectivity index (χ2v) is 4.93. The third-order valence-electron chi connectivity index (χ3n) is 3.26. The van der Waals surface area contributed by atoms with E-state index in [9.17, 15) is 0 Å². The molecule has 0 radical (unpaired) electrons. The van der Waals surface area contributed by atoms with Crippen molar-refractivity contribution in [2.24, 2.45) is 10.9 Å². The molecule has 0 amide bonds. The van der Waals surface area contributed by atoms with Crippen LogP contribution in [0.2, 0.25) is 0 Å². The lowest BCUT2D eigenvalue weighted by molar-refractivity contribution is 0.394. The minimum absolute atomic E-state index is 0.0237. The van der Waals surface area contributed by atoms with E-state index in [0.29, 0.717) is 5.92 Å². The molecule has 0 heterocycles. The zero-order chi connectivity index (χ0) is 12.1. The van der Waals surface area contributed by atoms with Crippen molar-refractivity contribution in [3.63, 3.8) is 0 Å². The molecule has 1 unspecified atom stereocenters. The Hall–Kier alpha value is -0.590. The number of hydrogen-bond acceptors (Lipinski definition) is 1. The summed E-state index contributed by atoms with van der Waals surface area (Å²) in [6, 6.07) is 0. The van der Waals surface area contributed by atoms with Gasteiger partial charge in [-0.1, -0.05) is 32.4 Å². The first-order chi connectivity index (χ1) is 6.85. The van der Waals surface area contributed by atoms with Crippen molar-refractivity contribution in [3.05, 3.63) is 11.6 Å². The molecule has 15 heavy (non-hydrogen) atoms. The lowest BCUT2D eigenvalue weighted by Crippen LogP contribution is -2.29. The molecule has 0 aliphatic carbocycles. The van der Waals surface area contributed by atoms with Crippen LogP contribution in [0.15, 0.2) is 16.6 Å². The summed E-state index contributed by atoms with van der Waals surface area (Å²) in [6.45, 7) is 15.4. The van der Waals surface area contributed by atoms with Gasteiger partial charge in [-0.25, -0.2) is 0 Å². The largest absolute Gasteiger partial charge is 0.288 e. The summed E-state index contributed by atoms with van der Waals surface area (Å²) in [6.07, 6.45) is 4.47. The van der Waals surface area contributed by atoms with Crippen molar-refractivity contribution >= 4 is 5.71 Å². The van der Waals surface area contributed by atoms with E-state index in [1.165, 1.54) is 11.3 Å². The van der Waals surface area contributed by atoms with Crippen LogP contribution in [0.25, 0.3) is 0 Å². The maximum Gasteiger partial charge on any atom is 0.0613 e. The van der Waals surface area contributed by atoms with Crippen LogP contribution < -0.4 is 0 Å². The van der Waals surface area contributed by atoms with Gasteiger partial charge in [-0.3, -0.25) is 4.99 Å². The standard InChI is InChI=1S/C14H27N/c1-8-10-11(3)13(5)14(6,7)15-12(4)9-2/h10,13H,8-9H2,1-7H3/b11-10+,15-12?. The highest BCUT2D eigenvalue weighted by Gasteiger charge is 2.25. The average Bonchev–Trinajstić information content (AvgIpc) is 2.16. The summed E-state index contributed by atoms with van der Waals surface area (Å²) in [5.74, 6) is 0.513. The van der Waals surface area contributed by atoms with Gasteiger partial charge in [0.05, 0.1) is 5.54 Å². The second-order valence-electron chi connectivity index (χ2n) is 4.93. The predicted molar refractivity (Wildman–Crippen MR) is 70.7 cm³/mol. The summed E-state index contributed by atoms with van der Waals surface area (Å²) < 4.78 is 0. The second kappa shape index (κ2) is 6.09. The summed E-state index contributed by atoms with van der Waals surface area (Å²) in [4.78, 5) is 4.81. The molecule has 0 bridgehead atoms. The average molecular weight is 209 g/mol. The third kappa shape index (κ3) is 4.63. The molecular weight excluding hydrogens is 182 g/mol. The Morgan fingerprint density at radius 2 is 1.80 bits per heavy atom. The van der Waals surface area contributed by atoms with E-state index in [4.69, 9.17) is 4.99 Å². The summed E-state index contributed by atoms with van der Waals surface area (Å²) in [7, 11) is 0. The van der Waals surface area contributed by atoms with Crippen LogP contribution in [0, 0.1) is 5.92 Å². The van der Waals surface area contributed by atoms with E-state index in [1.54, 1.807) is 0 Å². The highest BCUT2D eigenvalue weighted by Crippen LogP contribution is 2.28. The van der Waals surface area contributed by atoms with Crippen molar-refractivity contribution in [3.8, 4) is 0 Å². The van der Waals surface area contributed by atoms with Gasteiger partial charge in [0.1, 0.15) is 0 Å². The van der Waals surface area contributed by atoms with Gasteiger partial charge in [-0.15, -0.1) is 0 Å². The Balaban J connectivity index is 4.80. The van der Waals surface area contributed by atoms with Crippen molar-refractivity contribution < 1.29 is 0 Å². The van der Waals surface area contributed by atoms with Gasteiger partial charge in [0, 0.05) is 11.6 Å². The van der Waals surface area contributed by atoms with Gasteiger partial charge >= 0.3 is 0 Å². The molecule has 1 atom stereocenters. The fourth-order valence-corrected chi connectivity index (χ4v) is 1.72. The highest BCUT2D eigenvalue weighted by atomic mass is 14.9. The summed E-state index contributed by atoms with van der Waals surface area (Å²) in [5.41, 5.74) is 2.72. The molecule has 0 saturated carbocycles. The van der Waals surface area contributed by atoms with E-state index >= 15 is 0 Å². The number of rotatable bonds is 5. The number of nitrogens with zero attached hydrogens (tertiary/aromatic N) is 1. The van der Waals surface area contributed by atoms with Gasteiger partial charge in [0.2, 0.25) is 0 Å². The normalized spacial score (nSPS) is 16.7. The molecule has 0 saturated heterocycles. The molecule has 0 aromatic heterocycles. The first kappa shape index (κ1) is 14.4. The van der Waals surface area contributed by atoms with Crippen molar-refractivity contribution in [2.45, 2.75) is 66.8 Å². The van der Waals surface area contributed by atoms with E-state index in [2.05, 4.69) is 54.5 Å². The van der Waals surface area contributed by atoms with Crippen molar-refractivity contribution in [1.82, 2.24) is 0 Å². The van der Waals surface area contributed by atoms with Crippen LogP contribution >= 0.6 is 0 Å². The summed E-state index contributed by atoms with van der Waals surface area (Å²) >= 11 is 0. The molecule has 0 aromatic carbocycles. The Morgan fingerprint density at radius 3 is 2.20 bits per heavy atom. The molecule has 88 valence electrons. The molecule has 0 fully saturated rings. The van der Waals surface area contributed by atoms with E-state index < -0.39 is 0 Å². The number of aliphatic imine (C=N–C) groups is 1. The molecular formula is C14H27N. The molecule has 0 aliphatic rings. The fraction of sp³-hybridized carbons (Fsp3) is 0.786. The van der Waals surface area contributed by atoms with Crippen molar-refractivity contribution in [1.29, 1.82) is 0 Å². The number of hydrogen-bond donors (Lipinski definition) is 0. The molecule has 0 N–H and O–H groups in total. The Labute approximate surface area is 95.7 Å². The van der Waals surface area contributed by atoms with Crippen LogP contribution in [-0.2, 0) is 0 Å². The molecule has 1 heteroatoms. The Morgan fingerprint density at radius 1 is 1.27 bits per heavy atom. The fourth-order valence-electron chi connectivity index (χ4n) is 1.72. The summed E-state index contributed by atoms with van der Waals surface area (Å²) in [5, 5.41) is 0. The first-order valence-electron chi connectivity index (χ1n) is 6.07. The van der Waals surface area contributed by atoms with Crippen LogP contribution in [0.5, 0.6) is 0 Å². The van der Waals surface area contributed by atoms with Gasteiger partial charge in [-0.2, -0.15) is 0 Å². The molecule has 0 spiro atoms. The molecule has 0 rings (SSSR count). The van der Waals surface area contributed by atoms with Crippen LogP contribution in [0.4, 0.5) is 0 Å². The third-order valence-corrected chi connectivity index (χ3v) is 3.26. The first-order valence-corrected chi connectivity index (χ1v) is 6.07. The maximum absolute atomic E-state index is 4.81. The maximum atomic E-state index is 4.81. The van der Waals surface area contributed by atoms with Gasteiger partial charge < -0.3 is 0 Å². The van der Waals surface area contributed by atoms with Gasteiger partial charge in [0.15, 0.2) is 0 Å². The van der Waals surface area contributed by atoms with Gasteiger partial charge in [-0.05, 0) is 40.5 Å². The Bertz CT molecular complexity index is 246. The highest BCUT2D eigenvalue weighted by molar-refractivity contribution is 5.82. The minimum atomic E-state index is 0.0237. The molecule has 0 aromatic rings. The monoisotopic (exact) mass is 209 g/mol. The van der Waals surface area contributed by atoms with Crippen LogP contribution in [-0.4, -0.2) is 11.3 Å². The van der Waals surface area contributed by atoms with Crippen LogP contribution in [0.3, 0.4) is 0 Å². The lowest BCUT2D eigenvalue weighted by Gasteiger charge is -2.29. The van der Waals surface area contributed by atoms with Crippen LogP contribution in [0.1, 0.15) is 61.3 Å². The van der Waals surface area contributed by atoms with E-state index in [1.807, 2.05) is 0 Å². The smallest absolute Gasteiger partial charge is 0.0613 e. The Kier molecular flexibility index (Phi) is 5.85. The zero-order valence-corrected chi connectivity index (χ0v) is 11.5. The SMILES string of the molecule is CC/C=C(\C)C(C)C(C)(C)N=C(C)CC. The topological polar surface area (TPSA) is 12.4 Å².